The first-order valence-electron chi connectivity index (χ1n) is 5.13. The number of hydrogen-bond acceptors (Lipinski definition) is 3. The molecule has 0 spiro atoms. The summed E-state index contributed by atoms with van der Waals surface area (Å²) in [6, 6.07) is 7.88. The summed E-state index contributed by atoms with van der Waals surface area (Å²) in [7, 11) is 0. The summed E-state index contributed by atoms with van der Waals surface area (Å²) in [6.07, 6.45) is 0. The van der Waals surface area contributed by atoms with E-state index in [1.807, 2.05) is 12.1 Å². The average molecular weight is 329 g/mol. The third-order valence-electron chi connectivity index (χ3n) is 2.33. The maximum absolute atomic E-state index is 13.5. The van der Waals surface area contributed by atoms with Crippen molar-refractivity contribution in [1.82, 2.24) is 0 Å². The number of amides is 1. The van der Waals surface area contributed by atoms with E-state index in [2.05, 4.69) is 21.2 Å². The Hall–Kier alpha value is -1.40. The van der Waals surface area contributed by atoms with Crippen LogP contribution in [0.3, 0.4) is 0 Å². The fourth-order valence-corrected chi connectivity index (χ4v) is 2.87. The highest BCUT2D eigenvalue weighted by atomic mass is 79.9. The number of nitrogens with two attached hydrogens (primary N) is 1. The van der Waals surface area contributed by atoms with Crippen LogP contribution < -0.4 is 11.1 Å². The first-order chi connectivity index (χ1) is 8.56. The molecular formula is C12H10BrFN2OS. The highest BCUT2D eigenvalue weighted by Crippen LogP contribution is 2.23. The van der Waals surface area contributed by atoms with Crippen LogP contribution >= 0.6 is 27.3 Å². The lowest BCUT2D eigenvalue weighted by atomic mass is 10.2. The first-order valence-corrected chi connectivity index (χ1v) is 6.74. The number of nitrogens with one attached hydrogen (secondary N) is 1. The number of anilines is 1. The van der Waals surface area contributed by atoms with Crippen molar-refractivity contribution in [2.45, 2.75) is 6.54 Å². The number of rotatable bonds is 4. The molecule has 94 valence electrons. The van der Waals surface area contributed by atoms with Crippen LogP contribution in [0.1, 0.15) is 15.2 Å². The normalized spacial score (nSPS) is 10.3. The Morgan fingerprint density at radius 1 is 1.39 bits per heavy atom. The molecule has 3 nitrogen and oxygen atoms in total. The molecule has 18 heavy (non-hydrogen) atoms. The minimum absolute atomic E-state index is 0.274. The Bertz CT molecular complexity index is 585. The number of carbonyl (C=O) groups is 1. The van der Waals surface area contributed by atoms with Crippen molar-refractivity contribution in [3.8, 4) is 0 Å². The Morgan fingerprint density at radius 3 is 2.78 bits per heavy atom. The zero-order valence-electron chi connectivity index (χ0n) is 9.24. The second kappa shape index (κ2) is 5.49. The highest BCUT2D eigenvalue weighted by molar-refractivity contribution is 9.11. The maximum atomic E-state index is 13.5. The van der Waals surface area contributed by atoms with E-state index in [0.717, 1.165) is 8.66 Å². The van der Waals surface area contributed by atoms with Gasteiger partial charge in [0.15, 0.2) is 0 Å². The molecule has 0 bridgehead atoms. The van der Waals surface area contributed by atoms with Gasteiger partial charge < -0.3 is 11.1 Å². The monoisotopic (exact) mass is 328 g/mol. The van der Waals surface area contributed by atoms with Crippen molar-refractivity contribution in [2.75, 3.05) is 5.32 Å². The van der Waals surface area contributed by atoms with Gasteiger partial charge in [0, 0.05) is 17.0 Å². The van der Waals surface area contributed by atoms with Crippen LogP contribution in [0.5, 0.6) is 0 Å². The lowest BCUT2D eigenvalue weighted by molar-refractivity contribution is 0.100. The summed E-state index contributed by atoms with van der Waals surface area (Å²) in [5, 5.41) is 2.94. The summed E-state index contributed by atoms with van der Waals surface area (Å²) >= 11 is 4.92. The van der Waals surface area contributed by atoms with Crippen molar-refractivity contribution in [3.05, 3.63) is 50.4 Å². The van der Waals surface area contributed by atoms with Gasteiger partial charge in [-0.05, 0) is 46.3 Å². The molecule has 0 saturated carbocycles. The van der Waals surface area contributed by atoms with Crippen LogP contribution in [0.2, 0.25) is 0 Å². The molecule has 2 aromatic rings. The molecule has 2 rings (SSSR count). The molecule has 0 unspecified atom stereocenters. The van der Waals surface area contributed by atoms with E-state index >= 15 is 0 Å². The fourth-order valence-electron chi connectivity index (χ4n) is 1.44. The second-order valence-electron chi connectivity index (χ2n) is 3.62. The van der Waals surface area contributed by atoms with Gasteiger partial charge in [0.05, 0.1) is 9.47 Å². The zero-order valence-corrected chi connectivity index (χ0v) is 11.6. The summed E-state index contributed by atoms with van der Waals surface area (Å²) in [5.74, 6) is -0.979. The Labute approximate surface area is 116 Å². The lowest BCUT2D eigenvalue weighted by Gasteiger charge is -2.07. The van der Waals surface area contributed by atoms with Crippen molar-refractivity contribution in [3.63, 3.8) is 0 Å². The Kier molecular flexibility index (Phi) is 3.98. The van der Waals surface area contributed by atoms with E-state index in [1.165, 1.54) is 18.2 Å². The van der Waals surface area contributed by atoms with E-state index in [9.17, 15) is 9.18 Å². The Morgan fingerprint density at radius 2 is 2.17 bits per heavy atom. The number of thiophene rings is 1. The predicted octanol–water partition coefficient (Wildman–Crippen LogP) is 3.36. The fraction of sp³-hybridized carbons (Fsp3) is 0.0833. The van der Waals surface area contributed by atoms with E-state index in [0.29, 0.717) is 6.54 Å². The van der Waals surface area contributed by atoms with Gasteiger partial charge in [-0.2, -0.15) is 0 Å². The van der Waals surface area contributed by atoms with Crippen LogP contribution in [-0.2, 0) is 6.54 Å². The van der Waals surface area contributed by atoms with Gasteiger partial charge in [0.1, 0.15) is 5.82 Å². The number of benzene rings is 1. The highest BCUT2D eigenvalue weighted by Gasteiger charge is 2.07. The third-order valence-corrected chi connectivity index (χ3v) is 3.96. The van der Waals surface area contributed by atoms with Gasteiger partial charge in [0.25, 0.3) is 0 Å². The lowest BCUT2D eigenvalue weighted by Crippen LogP contribution is -2.12. The van der Waals surface area contributed by atoms with Crippen LogP contribution in [0.15, 0.2) is 34.1 Å². The summed E-state index contributed by atoms with van der Waals surface area (Å²) in [4.78, 5) is 12.1. The maximum Gasteiger partial charge on any atom is 0.248 e. The minimum Gasteiger partial charge on any atom is -0.378 e. The molecule has 0 aliphatic carbocycles. The van der Waals surface area contributed by atoms with Gasteiger partial charge in [-0.3, -0.25) is 4.79 Å². The molecule has 1 aromatic carbocycles. The SMILES string of the molecule is NC(=O)c1ccc(F)c(NCc2ccc(Br)s2)c1. The predicted molar refractivity (Wildman–Crippen MR) is 74.3 cm³/mol. The van der Waals surface area contributed by atoms with E-state index in [-0.39, 0.29) is 11.3 Å². The van der Waals surface area contributed by atoms with Crippen LogP contribution in [0.4, 0.5) is 10.1 Å². The molecule has 0 saturated heterocycles. The van der Waals surface area contributed by atoms with Gasteiger partial charge in [0.2, 0.25) is 5.91 Å². The van der Waals surface area contributed by atoms with Crippen molar-refractivity contribution in [2.24, 2.45) is 5.73 Å². The van der Waals surface area contributed by atoms with Crippen molar-refractivity contribution < 1.29 is 9.18 Å². The van der Waals surface area contributed by atoms with Crippen molar-refractivity contribution in [1.29, 1.82) is 0 Å². The largest absolute Gasteiger partial charge is 0.378 e. The van der Waals surface area contributed by atoms with Gasteiger partial charge in [-0.25, -0.2) is 4.39 Å². The number of hydrogen-bond donors (Lipinski definition) is 2. The second-order valence-corrected chi connectivity index (χ2v) is 6.17. The van der Waals surface area contributed by atoms with Gasteiger partial charge >= 0.3 is 0 Å². The topological polar surface area (TPSA) is 55.1 Å². The van der Waals surface area contributed by atoms with E-state index in [1.54, 1.807) is 11.3 Å². The molecule has 1 heterocycles. The number of carbonyl (C=O) groups excluding carboxylic acids is 1. The van der Waals surface area contributed by atoms with Crippen LogP contribution in [-0.4, -0.2) is 5.91 Å². The minimum atomic E-state index is -0.572. The van der Waals surface area contributed by atoms with Crippen molar-refractivity contribution >= 4 is 38.9 Å². The zero-order chi connectivity index (χ0) is 13.1. The quantitative estimate of drug-likeness (QED) is 0.904. The molecule has 6 heteroatoms. The third kappa shape index (κ3) is 3.08. The first kappa shape index (κ1) is 13.0. The van der Waals surface area contributed by atoms with Crippen LogP contribution in [0, 0.1) is 5.82 Å². The summed E-state index contributed by atoms with van der Waals surface area (Å²) in [6.45, 7) is 0.495. The van der Waals surface area contributed by atoms with E-state index in [4.69, 9.17) is 5.73 Å². The molecule has 1 amide bonds. The summed E-state index contributed by atoms with van der Waals surface area (Å²) in [5.41, 5.74) is 5.71. The van der Waals surface area contributed by atoms with E-state index < -0.39 is 11.7 Å². The van der Waals surface area contributed by atoms with Crippen LogP contribution in [0.25, 0.3) is 0 Å². The molecule has 0 atom stereocenters. The smallest absolute Gasteiger partial charge is 0.248 e. The average Bonchev–Trinajstić information content (AvgIpc) is 2.74. The molecular weight excluding hydrogens is 319 g/mol. The Balaban J connectivity index is 2.13. The molecule has 1 aromatic heterocycles. The number of primary amides is 1. The summed E-state index contributed by atoms with van der Waals surface area (Å²) < 4.78 is 14.5. The molecule has 3 N–H and O–H groups in total. The molecule has 0 aliphatic rings. The molecule has 0 radical (unpaired) electrons. The standard InChI is InChI=1S/C12H10BrFN2OS/c13-11-4-2-8(18-11)6-16-10-5-7(12(15)17)1-3-9(10)14/h1-5,16H,6H2,(H2,15,17). The van der Waals surface area contributed by atoms with Gasteiger partial charge in [-0.15, -0.1) is 11.3 Å². The molecule has 0 fully saturated rings. The number of halogens is 2. The van der Waals surface area contributed by atoms with Gasteiger partial charge in [-0.1, -0.05) is 0 Å². The molecule has 0 aliphatic heterocycles.